The van der Waals surface area contributed by atoms with Crippen LogP contribution in [0, 0.1) is 0 Å². The van der Waals surface area contributed by atoms with Crippen molar-refractivity contribution in [3.8, 4) is 0 Å². The molecule has 0 saturated carbocycles. The maximum Gasteiger partial charge on any atom is 0.0994 e. The third-order valence-corrected chi connectivity index (χ3v) is 4.82. The summed E-state index contributed by atoms with van der Waals surface area (Å²) in [6.45, 7) is 44.0. The Morgan fingerprint density at radius 2 is 0.605 bits per heavy atom. The van der Waals surface area contributed by atoms with E-state index in [1.807, 2.05) is 83.1 Å². The average molecular weight is 625 g/mol. The number of likely N-dealkylation sites (tertiary alicyclic amines) is 2. The summed E-state index contributed by atoms with van der Waals surface area (Å²) >= 11 is 0. The van der Waals surface area contributed by atoms with Gasteiger partial charge in [-0.3, -0.25) is 9.98 Å². The van der Waals surface area contributed by atoms with Crippen LogP contribution in [0.2, 0.25) is 0 Å². The largest absolute Gasteiger partial charge is 0.358 e. The lowest BCUT2D eigenvalue weighted by Gasteiger charge is -2.34. The van der Waals surface area contributed by atoms with Gasteiger partial charge in [-0.15, -0.1) is 0 Å². The number of hydrogen-bond acceptors (Lipinski definition) is 2. The molecule has 0 N–H and O–H groups in total. The first-order valence-electron chi connectivity index (χ1n) is 16.9. The fourth-order valence-electron chi connectivity index (χ4n) is 3.66. The molecule has 2 rings (SSSR count). The molecule has 276 valence electrons. The predicted octanol–water partition coefficient (Wildman–Crippen LogP) is 14.7. The van der Waals surface area contributed by atoms with E-state index in [2.05, 4.69) is 75.2 Å². The maximum absolute atomic E-state index is 4.68. The highest BCUT2D eigenvalue weighted by Gasteiger charge is 2.19. The second kappa shape index (κ2) is 60.2. The highest BCUT2D eigenvalue weighted by Crippen LogP contribution is 2.16. The predicted molar refractivity (Wildman–Crippen MR) is 218 cm³/mol. The summed E-state index contributed by atoms with van der Waals surface area (Å²) in [5.41, 5.74) is 0. The molecule has 0 aromatic heterocycles. The van der Waals surface area contributed by atoms with E-state index in [0.717, 1.165) is 0 Å². The molecule has 2 aliphatic rings. The number of aliphatic imine (C=N–C) groups is 2. The Kier molecular flexibility index (Phi) is 103. The summed E-state index contributed by atoms with van der Waals surface area (Å²) in [5, 5.41) is 0. The van der Waals surface area contributed by atoms with Gasteiger partial charge in [0.1, 0.15) is 0 Å². The standard InChI is InChI=1S/2C11H22N2.6C2H6.5CH4/c2*1-9(2)12-11-7-5-6-8-13(11)10(3)4;6*1-2;;;;;/h2*9-10H,5-8H2,1-4H3;6*1-2H3;5*1H4. The zero-order valence-corrected chi connectivity index (χ0v) is 30.8. The molecule has 2 saturated heterocycles. The van der Waals surface area contributed by atoms with Crippen LogP contribution < -0.4 is 0 Å². The van der Waals surface area contributed by atoms with Crippen LogP contribution in [0.25, 0.3) is 0 Å². The molecule has 0 aliphatic carbocycles. The van der Waals surface area contributed by atoms with Crippen LogP contribution in [0.4, 0.5) is 0 Å². The summed E-state index contributed by atoms with van der Waals surface area (Å²) in [6, 6.07) is 2.10. The van der Waals surface area contributed by atoms with Crippen LogP contribution in [-0.4, -0.2) is 58.7 Å². The van der Waals surface area contributed by atoms with Crippen molar-refractivity contribution in [3.63, 3.8) is 0 Å². The van der Waals surface area contributed by atoms with Gasteiger partial charge in [0.15, 0.2) is 0 Å². The molecule has 2 heterocycles. The Bertz CT molecular complexity index is 410. The van der Waals surface area contributed by atoms with Gasteiger partial charge < -0.3 is 9.80 Å². The van der Waals surface area contributed by atoms with Crippen LogP contribution in [0.15, 0.2) is 9.98 Å². The van der Waals surface area contributed by atoms with Crippen molar-refractivity contribution in [1.82, 2.24) is 9.80 Å². The van der Waals surface area contributed by atoms with Crippen LogP contribution in [0.3, 0.4) is 0 Å². The molecule has 4 heteroatoms. The molecule has 0 aromatic rings. The Labute approximate surface area is 282 Å². The van der Waals surface area contributed by atoms with Gasteiger partial charge in [0.2, 0.25) is 0 Å². The molecule has 2 aliphatic heterocycles. The van der Waals surface area contributed by atoms with Gasteiger partial charge in [-0.2, -0.15) is 0 Å². The van der Waals surface area contributed by atoms with Crippen molar-refractivity contribution in [2.24, 2.45) is 9.98 Å². The zero-order chi connectivity index (χ0) is 31.7. The lowest BCUT2D eigenvalue weighted by molar-refractivity contribution is 0.311. The van der Waals surface area contributed by atoms with Gasteiger partial charge in [-0.05, 0) is 81.1 Å². The van der Waals surface area contributed by atoms with E-state index in [1.165, 1.54) is 63.3 Å². The Balaban J connectivity index is -0.0000000360. The van der Waals surface area contributed by atoms with Crippen molar-refractivity contribution in [2.45, 2.75) is 238 Å². The van der Waals surface area contributed by atoms with Gasteiger partial charge >= 0.3 is 0 Å². The highest BCUT2D eigenvalue weighted by molar-refractivity contribution is 5.83. The number of amidine groups is 2. The van der Waals surface area contributed by atoms with Crippen molar-refractivity contribution in [1.29, 1.82) is 0 Å². The van der Waals surface area contributed by atoms with E-state index in [4.69, 9.17) is 0 Å². The minimum atomic E-state index is 0. The average Bonchev–Trinajstić information content (AvgIpc) is 2.95. The van der Waals surface area contributed by atoms with Gasteiger partial charge in [0.25, 0.3) is 0 Å². The second-order valence-electron chi connectivity index (χ2n) is 8.77. The van der Waals surface area contributed by atoms with Gasteiger partial charge in [0.05, 0.1) is 11.7 Å². The van der Waals surface area contributed by atoms with Crippen LogP contribution in [-0.2, 0) is 0 Å². The minimum absolute atomic E-state index is 0. The van der Waals surface area contributed by atoms with Crippen molar-refractivity contribution in [2.75, 3.05) is 13.1 Å². The molecule has 0 amide bonds. The lowest BCUT2D eigenvalue weighted by Crippen LogP contribution is -2.40. The van der Waals surface area contributed by atoms with E-state index in [1.54, 1.807) is 0 Å². The monoisotopic (exact) mass is 625 g/mol. The van der Waals surface area contributed by atoms with Crippen molar-refractivity contribution < 1.29 is 0 Å². The SMILES string of the molecule is C.C.C.C.C.CC.CC.CC.CC.CC.CC.CC(C)N=C1CCCCN1C(C)C.CC(C)N=C1CCCCN1C(C)C. The Morgan fingerprint density at radius 3 is 0.767 bits per heavy atom. The van der Waals surface area contributed by atoms with Crippen molar-refractivity contribution >= 4 is 11.7 Å². The molecule has 4 nitrogen and oxygen atoms in total. The first-order valence-corrected chi connectivity index (χ1v) is 16.9. The molecule has 43 heavy (non-hydrogen) atoms. The third kappa shape index (κ3) is 45.5. The molecule has 0 bridgehead atoms. The molecule has 0 aromatic carbocycles. The lowest BCUT2D eigenvalue weighted by atomic mass is 10.1. The van der Waals surface area contributed by atoms with Crippen molar-refractivity contribution in [3.05, 3.63) is 0 Å². The Hall–Kier alpha value is -1.06. The van der Waals surface area contributed by atoms with E-state index in [9.17, 15) is 0 Å². The van der Waals surface area contributed by atoms with E-state index in [-0.39, 0.29) is 37.1 Å². The molecule has 0 atom stereocenters. The highest BCUT2D eigenvalue weighted by atomic mass is 15.2. The quantitative estimate of drug-likeness (QED) is 0.311. The van der Waals surface area contributed by atoms with E-state index >= 15 is 0 Å². The van der Waals surface area contributed by atoms with E-state index in [0.29, 0.717) is 24.2 Å². The molecule has 2 fully saturated rings. The summed E-state index contributed by atoms with van der Waals surface area (Å²) in [5.74, 6) is 2.66. The normalized spacial score (nSPS) is 14.1. The van der Waals surface area contributed by atoms with Crippen LogP contribution >= 0.6 is 0 Å². The smallest absolute Gasteiger partial charge is 0.0994 e. The second-order valence-corrected chi connectivity index (χ2v) is 8.77. The first-order chi connectivity index (χ1) is 18.2. The van der Waals surface area contributed by atoms with E-state index < -0.39 is 0 Å². The van der Waals surface area contributed by atoms with Crippen LogP contribution in [0.1, 0.15) is 214 Å². The molecular weight excluding hydrogens is 524 g/mol. The number of hydrogen-bond donors (Lipinski definition) is 0. The van der Waals surface area contributed by atoms with Crippen LogP contribution in [0.5, 0.6) is 0 Å². The number of rotatable bonds is 4. The number of nitrogens with zero attached hydrogens (tertiary/aromatic N) is 4. The summed E-state index contributed by atoms with van der Waals surface area (Å²) in [4.78, 5) is 14.3. The minimum Gasteiger partial charge on any atom is -0.358 e. The fourth-order valence-corrected chi connectivity index (χ4v) is 3.66. The zero-order valence-electron chi connectivity index (χ0n) is 30.8. The summed E-state index contributed by atoms with van der Waals surface area (Å²) < 4.78 is 0. The fraction of sp³-hybridized carbons (Fsp3) is 0.949. The first kappa shape index (κ1) is 73.4. The molecule has 0 unspecified atom stereocenters. The number of piperidine rings is 2. The third-order valence-electron chi connectivity index (χ3n) is 4.82. The maximum atomic E-state index is 4.68. The Morgan fingerprint density at radius 1 is 0.395 bits per heavy atom. The molecule has 0 spiro atoms. The molecular formula is C39H100N4. The summed E-state index contributed by atoms with van der Waals surface area (Å²) in [7, 11) is 0. The molecule has 0 radical (unpaired) electrons. The van der Waals surface area contributed by atoms with Gasteiger partial charge in [0, 0.05) is 50.1 Å². The topological polar surface area (TPSA) is 31.2 Å². The summed E-state index contributed by atoms with van der Waals surface area (Å²) in [6.07, 6.45) is 7.64. The van der Waals surface area contributed by atoms with Gasteiger partial charge in [-0.1, -0.05) is 120 Å². The van der Waals surface area contributed by atoms with Gasteiger partial charge in [-0.25, -0.2) is 0 Å².